The van der Waals surface area contributed by atoms with Gasteiger partial charge in [-0.1, -0.05) is 51.8 Å². The molecule has 0 fully saturated rings. The normalized spacial score (nSPS) is 20.9. The van der Waals surface area contributed by atoms with E-state index in [9.17, 15) is 9.59 Å². The summed E-state index contributed by atoms with van der Waals surface area (Å²) in [5, 5.41) is 4.05. The van der Waals surface area contributed by atoms with Crippen LogP contribution in [0, 0.1) is 0 Å². The van der Waals surface area contributed by atoms with Crippen LogP contribution >= 0.6 is 27.5 Å². The predicted octanol–water partition coefficient (Wildman–Crippen LogP) is 6.42. The molecule has 0 aromatic heterocycles. The molecule has 0 bridgehead atoms. The van der Waals surface area contributed by atoms with Gasteiger partial charge in [0.1, 0.15) is 0 Å². The molecule has 0 saturated carbocycles. The number of rotatable bonds is 4. The third-order valence-electron chi connectivity index (χ3n) is 5.93. The van der Waals surface area contributed by atoms with E-state index in [0.29, 0.717) is 29.0 Å². The number of carbonyl (C=O) groups excluding carboxylic acids is 2. The summed E-state index contributed by atoms with van der Waals surface area (Å²) in [5.74, 6) is -0.733. The van der Waals surface area contributed by atoms with Gasteiger partial charge in [-0.05, 0) is 68.5 Å². The van der Waals surface area contributed by atoms with Gasteiger partial charge >= 0.3 is 5.97 Å². The van der Waals surface area contributed by atoms with Gasteiger partial charge in [0.2, 0.25) is 0 Å². The number of hydrogen-bond acceptors (Lipinski definition) is 4. The van der Waals surface area contributed by atoms with Crippen LogP contribution in [0.15, 0.2) is 75.5 Å². The molecule has 2 aromatic carbocycles. The van der Waals surface area contributed by atoms with Crippen molar-refractivity contribution < 1.29 is 14.3 Å². The highest BCUT2D eigenvalue weighted by molar-refractivity contribution is 9.10. The summed E-state index contributed by atoms with van der Waals surface area (Å²) in [6, 6.07) is 15.5. The number of nitrogens with one attached hydrogen (secondary N) is 1. The Morgan fingerprint density at radius 1 is 1.06 bits per heavy atom. The number of halogens is 2. The number of dihydropyridines is 1. The zero-order valence-corrected chi connectivity index (χ0v) is 20.6. The number of Topliss-reactive ketones (excluding diaryl/α,β-unsaturated/α-hetero) is 1. The molecule has 4 nitrogen and oxygen atoms in total. The molecule has 32 heavy (non-hydrogen) atoms. The Morgan fingerprint density at radius 2 is 1.69 bits per heavy atom. The van der Waals surface area contributed by atoms with E-state index in [0.717, 1.165) is 27.0 Å². The number of allylic oxidation sites excluding steroid dienone is 3. The molecule has 0 amide bonds. The van der Waals surface area contributed by atoms with Crippen molar-refractivity contribution in [3.63, 3.8) is 0 Å². The molecule has 166 valence electrons. The highest BCUT2D eigenvalue weighted by Gasteiger charge is 2.41. The minimum Gasteiger partial charge on any atom is -0.460 e. The Labute approximate surface area is 201 Å². The molecule has 2 atom stereocenters. The first-order valence-corrected chi connectivity index (χ1v) is 11.9. The maximum Gasteiger partial charge on any atom is 0.337 e. The third kappa shape index (κ3) is 4.55. The van der Waals surface area contributed by atoms with Crippen molar-refractivity contribution in [2.75, 3.05) is 0 Å². The van der Waals surface area contributed by atoms with Crippen molar-refractivity contribution in [1.82, 2.24) is 5.32 Å². The van der Waals surface area contributed by atoms with E-state index < -0.39 is 11.9 Å². The molecule has 0 radical (unpaired) electrons. The lowest BCUT2D eigenvalue weighted by Gasteiger charge is -2.37. The fourth-order valence-electron chi connectivity index (χ4n) is 4.55. The van der Waals surface area contributed by atoms with Gasteiger partial charge in [-0.2, -0.15) is 0 Å². The lowest BCUT2D eigenvalue weighted by atomic mass is 9.72. The summed E-state index contributed by atoms with van der Waals surface area (Å²) in [5.41, 5.74) is 4.76. The zero-order chi connectivity index (χ0) is 23.0. The van der Waals surface area contributed by atoms with E-state index in [4.69, 9.17) is 16.3 Å². The van der Waals surface area contributed by atoms with E-state index in [1.165, 1.54) is 0 Å². The lowest BCUT2D eigenvalue weighted by molar-refractivity contribution is -0.143. The summed E-state index contributed by atoms with van der Waals surface area (Å²) in [6.45, 7) is 5.53. The Kier molecular flexibility index (Phi) is 6.59. The molecule has 6 heteroatoms. The van der Waals surface area contributed by atoms with Gasteiger partial charge in [0, 0.05) is 38.8 Å². The SMILES string of the molecule is CC1=C(C(=O)OC(C)C)[C@@H](c2ccc(Br)cc2)C2=C(C[C@@H](c3ccc(Cl)cc3)CC2=O)N1. The summed E-state index contributed by atoms with van der Waals surface area (Å²) in [6.07, 6.45) is 0.834. The van der Waals surface area contributed by atoms with Crippen LogP contribution in [0.5, 0.6) is 0 Å². The quantitative estimate of drug-likeness (QED) is 0.479. The van der Waals surface area contributed by atoms with Gasteiger partial charge in [-0.15, -0.1) is 0 Å². The van der Waals surface area contributed by atoms with Crippen LogP contribution in [0.4, 0.5) is 0 Å². The average molecular weight is 515 g/mol. The summed E-state index contributed by atoms with van der Waals surface area (Å²) < 4.78 is 6.50. The van der Waals surface area contributed by atoms with Crippen molar-refractivity contribution in [3.05, 3.63) is 91.7 Å². The van der Waals surface area contributed by atoms with E-state index in [1.54, 1.807) is 0 Å². The van der Waals surface area contributed by atoms with Crippen molar-refractivity contribution in [2.24, 2.45) is 0 Å². The molecule has 1 heterocycles. The number of ketones is 1. The van der Waals surface area contributed by atoms with Gasteiger partial charge in [0.15, 0.2) is 5.78 Å². The lowest BCUT2D eigenvalue weighted by Crippen LogP contribution is -2.36. The molecule has 0 saturated heterocycles. The largest absolute Gasteiger partial charge is 0.460 e. The Balaban J connectivity index is 1.78. The summed E-state index contributed by atoms with van der Waals surface area (Å²) in [4.78, 5) is 26.6. The van der Waals surface area contributed by atoms with Gasteiger partial charge in [0.05, 0.1) is 11.7 Å². The van der Waals surface area contributed by atoms with Crippen LogP contribution < -0.4 is 5.32 Å². The van der Waals surface area contributed by atoms with E-state index >= 15 is 0 Å². The van der Waals surface area contributed by atoms with Crippen LogP contribution in [0.2, 0.25) is 5.02 Å². The second-order valence-electron chi connectivity index (χ2n) is 8.57. The first-order chi connectivity index (χ1) is 15.2. The smallest absolute Gasteiger partial charge is 0.337 e. The fraction of sp³-hybridized carbons (Fsp3) is 0.308. The standard InChI is InChI=1S/C26H25BrClNO3/c1-14(2)32-26(31)23-15(3)29-21-12-18(16-6-10-20(28)11-7-16)13-22(30)25(21)24(23)17-4-8-19(27)9-5-17/h4-11,14,18,24,29H,12-13H2,1-3H3/t18-,24-/m1/s1. The number of hydrogen-bond donors (Lipinski definition) is 1. The molecule has 1 aliphatic heterocycles. The molecule has 0 unspecified atom stereocenters. The van der Waals surface area contributed by atoms with Crippen LogP contribution in [0.3, 0.4) is 0 Å². The molecule has 4 rings (SSSR count). The number of benzene rings is 2. The Morgan fingerprint density at radius 3 is 2.31 bits per heavy atom. The number of ether oxygens (including phenoxy) is 1. The predicted molar refractivity (Wildman–Crippen MR) is 129 cm³/mol. The number of carbonyl (C=O) groups is 2. The molecule has 1 N–H and O–H groups in total. The fourth-order valence-corrected chi connectivity index (χ4v) is 4.94. The van der Waals surface area contributed by atoms with Gasteiger partial charge < -0.3 is 10.1 Å². The minimum atomic E-state index is -0.454. The van der Waals surface area contributed by atoms with Crippen LogP contribution in [-0.2, 0) is 14.3 Å². The summed E-state index contributed by atoms with van der Waals surface area (Å²) in [7, 11) is 0. The summed E-state index contributed by atoms with van der Waals surface area (Å²) >= 11 is 9.52. The second-order valence-corrected chi connectivity index (χ2v) is 9.93. The van der Waals surface area contributed by atoms with Crippen LogP contribution in [0.1, 0.15) is 56.6 Å². The van der Waals surface area contributed by atoms with E-state index in [1.807, 2.05) is 69.3 Å². The van der Waals surface area contributed by atoms with Crippen LogP contribution in [0.25, 0.3) is 0 Å². The van der Waals surface area contributed by atoms with E-state index in [-0.39, 0.29) is 17.8 Å². The van der Waals surface area contributed by atoms with Gasteiger partial charge in [-0.25, -0.2) is 4.79 Å². The monoisotopic (exact) mass is 513 g/mol. The molecular weight excluding hydrogens is 490 g/mol. The second kappa shape index (κ2) is 9.24. The van der Waals surface area contributed by atoms with Gasteiger partial charge in [-0.3, -0.25) is 4.79 Å². The number of esters is 1. The molecule has 2 aromatic rings. The van der Waals surface area contributed by atoms with Crippen molar-refractivity contribution in [2.45, 2.75) is 51.6 Å². The Bertz CT molecular complexity index is 1120. The first-order valence-electron chi connectivity index (χ1n) is 10.7. The molecular formula is C26H25BrClNO3. The molecule has 1 aliphatic carbocycles. The van der Waals surface area contributed by atoms with Gasteiger partial charge in [0.25, 0.3) is 0 Å². The van der Waals surface area contributed by atoms with Crippen molar-refractivity contribution >= 4 is 39.3 Å². The third-order valence-corrected chi connectivity index (χ3v) is 6.72. The molecule has 0 spiro atoms. The highest BCUT2D eigenvalue weighted by atomic mass is 79.9. The average Bonchev–Trinajstić information content (AvgIpc) is 2.73. The van der Waals surface area contributed by atoms with Crippen LogP contribution in [-0.4, -0.2) is 17.9 Å². The first kappa shape index (κ1) is 22.8. The maximum atomic E-state index is 13.5. The van der Waals surface area contributed by atoms with Crippen molar-refractivity contribution in [3.8, 4) is 0 Å². The topological polar surface area (TPSA) is 55.4 Å². The zero-order valence-electron chi connectivity index (χ0n) is 18.2. The Hall–Kier alpha value is -2.37. The van der Waals surface area contributed by atoms with Crippen molar-refractivity contribution in [1.29, 1.82) is 0 Å². The molecule has 2 aliphatic rings. The van der Waals surface area contributed by atoms with E-state index in [2.05, 4.69) is 21.2 Å². The highest BCUT2D eigenvalue weighted by Crippen LogP contribution is 2.46. The minimum absolute atomic E-state index is 0.0500. The maximum absolute atomic E-state index is 13.5.